The zero-order chi connectivity index (χ0) is 15.4. The molecule has 21 heavy (non-hydrogen) atoms. The van der Waals surface area contributed by atoms with Crippen molar-refractivity contribution < 1.29 is 4.39 Å². The van der Waals surface area contributed by atoms with E-state index in [0.717, 1.165) is 49.2 Å². The van der Waals surface area contributed by atoms with Crippen LogP contribution < -0.4 is 5.73 Å². The van der Waals surface area contributed by atoms with Crippen molar-refractivity contribution >= 4 is 5.82 Å². The summed E-state index contributed by atoms with van der Waals surface area (Å²) in [6, 6.07) is 4.76. The van der Waals surface area contributed by atoms with Crippen LogP contribution in [0.4, 0.5) is 10.2 Å². The Kier molecular flexibility index (Phi) is 4.99. The van der Waals surface area contributed by atoms with Gasteiger partial charge in [-0.25, -0.2) is 9.37 Å². The minimum atomic E-state index is -0.254. The minimum Gasteiger partial charge on any atom is -0.383 e. The van der Waals surface area contributed by atoms with Gasteiger partial charge in [-0.1, -0.05) is 26.3 Å². The average Bonchev–Trinajstić information content (AvgIpc) is 2.76. The molecule has 0 radical (unpaired) electrons. The molecule has 2 rings (SSSR count). The van der Waals surface area contributed by atoms with Gasteiger partial charge in [-0.05, 0) is 37.5 Å². The van der Waals surface area contributed by atoms with E-state index < -0.39 is 0 Å². The Morgan fingerprint density at radius 2 is 2.00 bits per heavy atom. The van der Waals surface area contributed by atoms with E-state index in [0.29, 0.717) is 11.5 Å². The summed E-state index contributed by atoms with van der Waals surface area (Å²) < 4.78 is 15.6. The van der Waals surface area contributed by atoms with E-state index in [4.69, 9.17) is 10.7 Å². The van der Waals surface area contributed by atoms with Crippen molar-refractivity contribution in [1.29, 1.82) is 0 Å². The predicted molar refractivity (Wildman–Crippen MR) is 85.7 cm³/mol. The molecule has 2 N–H and O–H groups in total. The monoisotopic (exact) mass is 289 g/mol. The molecule has 1 aromatic carbocycles. The molecule has 2 aromatic rings. The van der Waals surface area contributed by atoms with Crippen molar-refractivity contribution in [3.05, 3.63) is 35.4 Å². The summed E-state index contributed by atoms with van der Waals surface area (Å²) >= 11 is 0. The normalized spacial score (nSPS) is 11.0. The Labute approximate surface area is 126 Å². The molecule has 0 spiro atoms. The van der Waals surface area contributed by atoms with Crippen molar-refractivity contribution in [2.24, 2.45) is 0 Å². The maximum absolute atomic E-state index is 13.5. The summed E-state index contributed by atoms with van der Waals surface area (Å²) in [5.41, 5.74) is 8.80. The highest BCUT2D eigenvalue weighted by atomic mass is 19.1. The van der Waals surface area contributed by atoms with E-state index in [2.05, 4.69) is 18.4 Å². The van der Waals surface area contributed by atoms with Crippen LogP contribution in [0.15, 0.2) is 18.2 Å². The number of aromatic nitrogens is 2. The molecule has 0 aliphatic carbocycles. The first kappa shape index (κ1) is 15.5. The first-order valence-electron chi connectivity index (χ1n) is 7.69. The second-order valence-corrected chi connectivity index (χ2v) is 5.48. The molecule has 0 aliphatic rings. The van der Waals surface area contributed by atoms with Crippen molar-refractivity contribution in [3.8, 4) is 11.3 Å². The lowest BCUT2D eigenvalue weighted by molar-refractivity contribution is 0.604. The fourth-order valence-corrected chi connectivity index (χ4v) is 2.54. The van der Waals surface area contributed by atoms with Gasteiger partial charge < -0.3 is 10.3 Å². The van der Waals surface area contributed by atoms with Gasteiger partial charge in [-0.15, -0.1) is 0 Å². The van der Waals surface area contributed by atoms with Crippen molar-refractivity contribution in [2.75, 3.05) is 5.73 Å². The predicted octanol–water partition coefficient (Wildman–Crippen LogP) is 4.33. The molecule has 0 aliphatic heterocycles. The molecule has 0 saturated heterocycles. The van der Waals surface area contributed by atoms with E-state index in [1.807, 2.05) is 6.92 Å². The molecule has 0 saturated carbocycles. The highest BCUT2D eigenvalue weighted by Gasteiger charge is 2.17. The summed E-state index contributed by atoms with van der Waals surface area (Å²) in [5.74, 6) is 1.40. The van der Waals surface area contributed by atoms with Gasteiger partial charge in [0.25, 0.3) is 0 Å². The van der Waals surface area contributed by atoms with Gasteiger partial charge >= 0.3 is 0 Å². The van der Waals surface area contributed by atoms with Crippen LogP contribution in [0.1, 0.15) is 44.5 Å². The maximum Gasteiger partial charge on any atom is 0.131 e. The van der Waals surface area contributed by atoms with Crippen LogP contribution in [-0.4, -0.2) is 9.55 Å². The summed E-state index contributed by atoms with van der Waals surface area (Å²) in [6.07, 6.45) is 4.09. The van der Waals surface area contributed by atoms with Crippen LogP contribution in [-0.2, 0) is 13.0 Å². The molecule has 4 heteroatoms. The van der Waals surface area contributed by atoms with E-state index >= 15 is 0 Å². The largest absolute Gasteiger partial charge is 0.383 e. The number of nitrogens with zero attached hydrogens (tertiary/aromatic N) is 2. The Balaban J connectivity index is 2.51. The summed E-state index contributed by atoms with van der Waals surface area (Å²) in [4.78, 5) is 4.70. The first-order valence-corrected chi connectivity index (χ1v) is 7.69. The average molecular weight is 289 g/mol. The number of hydrogen-bond donors (Lipinski definition) is 1. The van der Waals surface area contributed by atoms with Crippen LogP contribution in [0.5, 0.6) is 0 Å². The molecule has 1 heterocycles. The molecular formula is C17H24FN3. The summed E-state index contributed by atoms with van der Waals surface area (Å²) in [7, 11) is 0. The van der Waals surface area contributed by atoms with Gasteiger partial charge in [0.15, 0.2) is 0 Å². The standard InChI is InChI=1S/C17H24FN3/c1-4-6-10-21-15(7-5-2)20-16(17(21)19)14-11-13(18)9-8-12(14)3/h8-9,11H,4-7,10,19H2,1-3H3. The minimum absolute atomic E-state index is 0.254. The molecule has 0 bridgehead atoms. The summed E-state index contributed by atoms with van der Waals surface area (Å²) in [5, 5.41) is 0. The van der Waals surface area contributed by atoms with E-state index in [-0.39, 0.29) is 5.82 Å². The van der Waals surface area contributed by atoms with Gasteiger partial charge in [-0.2, -0.15) is 0 Å². The second-order valence-electron chi connectivity index (χ2n) is 5.48. The zero-order valence-electron chi connectivity index (χ0n) is 13.1. The number of anilines is 1. The van der Waals surface area contributed by atoms with Gasteiger partial charge in [0, 0.05) is 18.5 Å². The molecule has 3 nitrogen and oxygen atoms in total. The van der Waals surface area contributed by atoms with Crippen LogP contribution in [0, 0.1) is 12.7 Å². The lowest BCUT2D eigenvalue weighted by Crippen LogP contribution is -2.07. The Bertz CT molecular complexity index is 617. The lowest BCUT2D eigenvalue weighted by atomic mass is 10.1. The number of aryl methyl sites for hydroxylation is 2. The van der Waals surface area contributed by atoms with Crippen molar-refractivity contribution in [1.82, 2.24) is 9.55 Å². The highest BCUT2D eigenvalue weighted by molar-refractivity contribution is 5.73. The van der Waals surface area contributed by atoms with Crippen LogP contribution in [0.2, 0.25) is 0 Å². The number of halogens is 1. The van der Waals surface area contributed by atoms with E-state index in [1.165, 1.54) is 12.1 Å². The third-order valence-corrected chi connectivity index (χ3v) is 3.75. The third-order valence-electron chi connectivity index (χ3n) is 3.75. The number of nitrogen functional groups attached to an aromatic ring is 1. The molecular weight excluding hydrogens is 265 g/mol. The Morgan fingerprint density at radius 1 is 1.24 bits per heavy atom. The van der Waals surface area contributed by atoms with E-state index in [1.54, 1.807) is 6.07 Å². The SMILES string of the molecule is CCCCn1c(CCC)nc(-c2cc(F)ccc2C)c1N. The second kappa shape index (κ2) is 6.74. The third kappa shape index (κ3) is 3.26. The van der Waals surface area contributed by atoms with Crippen molar-refractivity contribution in [3.63, 3.8) is 0 Å². The van der Waals surface area contributed by atoms with E-state index in [9.17, 15) is 4.39 Å². The number of benzene rings is 1. The molecule has 0 fully saturated rings. The fourth-order valence-electron chi connectivity index (χ4n) is 2.54. The van der Waals surface area contributed by atoms with Crippen LogP contribution in [0.25, 0.3) is 11.3 Å². The molecule has 114 valence electrons. The topological polar surface area (TPSA) is 43.8 Å². The van der Waals surface area contributed by atoms with Crippen molar-refractivity contribution in [2.45, 2.75) is 53.0 Å². The fraction of sp³-hybridized carbons (Fsp3) is 0.471. The summed E-state index contributed by atoms with van der Waals surface area (Å²) in [6.45, 7) is 7.12. The van der Waals surface area contributed by atoms with Gasteiger partial charge in [0.05, 0.1) is 0 Å². The zero-order valence-corrected chi connectivity index (χ0v) is 13.1. The van der Waals surface area contributed by atoms with Gasteiger partial charge in [-0.3, -0.25) is 0 Å². The number of nitrogens with two attached hydrogens (primary N) is 1. The molecule has 0 unspecified atom stereocenters. The smallest absolute Gasteiger partial charge is 0.131 e. The quantitative estimate of drug-likeness (QED) is 0.860. The number of unbranched alkanes of at least 4 members (excludes halogenated alkanes) is 1. The maximum atomic E-state index is 13.5. The van der Waals surface area contributed by atoms with Gasteiger partial charge in [0.1, 0.15) is 23.2 Å². The van der Waals surface area contributed by atoms with Gasteiger partial charge in [0.2, 0.25) is 0 Å². The molecule has 0 amide bonds. The lowest BCUT2D eigenvalue weighted by Gasteiger charge is -2.09. The molecule has 0 atom stereocenters. The number of imidazole rings is 1. The first-order chi connectivity index (χ1) is 10.1. The Morgan fingerprint density at radius 3 is 2.67 bits per heavy atom. The number of rotatable bonds is 6. The number of hydrogen-bond acceptors (Lipinski definition) is 2. The van der Waals surface area contributed by atoms with Crippen LogP contribution >= 0.6 is 0 Å². The van der Waals surface area contributed by atoms with Crippen LogP contribution in [0.3, 0.4) is 0 Å². The highest BCUT2D eigenvalue weighted by Crippen LogP contribution is 2.30. The Hall–Kier alpha value is -1.84. The molecule has 1 aromatic heterocycles.